The summed E-state index contributed by atoms with van der Waals surface area (Å²) in [5, 5.41) is 29.9. The molecule has 5 aliphatic rings. The first-order chi connectivity index (χ1) is 13.0. The zero-order chi connectivity index (χ0) is 19.0. The second-order valence-electron chi connectivity index (χ2n) is 10.5. The average Bonchev–Trinajstić information content (AvgIpc) is 3.37. The molecule has 0 aliphatic heterocycles. The Kier molecular flexibility index (Phi) is 3.92. The lowest BCUT2D eigenvalue weighted by molar-refractivity contribution is -0.137. The van der Waals surface area contributed by atoms with Crippen molar-refractivity contribution in [2.24, 2.45) is 45.8 Å². The molecular weight excluding hydrogens is 340 g/mol. The molecule has 0 amide bonds. The van der Waals surface area contributed by atoms with Crippen LogP contribution in [-0.4, -0.2) is 34.5 Å². The number of hydrogen-bond acceptors (Lipinski definition) is 3. The Bertz CT molecular complexity index is 686. The maximum atomic E-state index is 11.8. The molecule has 4 bridgehead atoms. The summed E-state index contributed by atoms with van der Waals surface area (Å²) in [5.74, 6) is 2.58. The lowest BCUT2D eigenvalue weighted by Gasteiger charge is -2.61. The fraction of sp³-hybridized carbons (Fsp3) is 0.870. The summed E-state index contributed by atoms with van der Waals surface area (Å²) in [6.07, 6.45) is 12.3. The van der Waals surface area contributed by atoms with E-state index in [0.717, 1.165) is 37.5 Å². The Morgan fingerprint density at radius 3 is 2.56 bits per heavy atom. The normalized spacial score (nSPS) is 52.4. The first-order valence-corrected chi connectivity index (χ1v) is 11.1. The molecule has 5 rings (SSSR count). The average molecular weight is 375 g/mol. The monoisotopic (exact) mass is 374 g/mol. The van der Waals surface area contributed by atoms with Crippen molar-refractivity contribution in [1.82, 2.24) is 0 Å². The van der Waals surface area contributed by atoms with Crippen LogP contribution in [0.1, 0.15) is 64.7 Å². The molecule has 5 saturated carbocycles. The quantitative estimate of drug-likeness (QED) is 0.490. The summed E-state index contributed by atoms with van der Waals surface area (Å²) >= 11 is 0. The van der Waals surface area contributed by atoms with Gasteiger partial charge in [0, 0.05) is 18.8 Å². The molecule has 3 N–H and O–H groups in total. The summed E-state index contributed by atoms with van der Waals surface area (Å²) in [4.78, 5) is 11.8. The summed E-state index contributed by atoms with van der Waals surface area (Å²) in [7, 11) is 0. The molecule has 5 fully saturated rings. The van der Waals surface area contributed by atoms with Crippen molar-refractivity contribution in [3.05, 3.63) is 11.6 Å². The van der Waals surface area contributed by atoms with E-state index >= 15 is 0 Å². The second kappa shape index (κ2) is 5.82. The van der Waals surface area contributed by atoms with Crippen LogP contribution < -0.4 is 0 Å². The van der Waals surface area contributed by atoms with Gasteiger partial charge >= 0.3 is 5.97 Å². The number of aliphatic hydroxyl groups is 2. The van der Waals surface area contributed by atoms with Crippen LogP contribution in [0.3, 0.4) is 0 Å². The van der Waals surface area contributed by atoms with Crippen LogP contribution in [0.5, 0.6) is 0 Å². The molecule has 0 heterocycles. The van der Waals surface area contributed by atoms with Gasteiger partial charge in [-0.1, -0.05) is 12.5 Å². The molecule has 4 heteroatoms. The Morgan fingerprint density at radius 1 is 1.07 bits per heavy atom. The molecule has 0 aromatic carbocycles. The SMILES string of the molecule is CC(=CC12CC(C3CCCC31)C1C3CCC(CCO)(C3)C12CCO)C(=O)O. The van der Waals surface area contributed by atoms with E-state index in [1.54, 1.807) is 6.92 Å². The second-order valence-corrected chi connectivity index (χ2v) is 10.5. The van der Waals surface area contributed by atoms with E-state index in [2.05, 4.69) is 6.08 Å². The zero-order valence-electron chi connectivity index (χ0n) is 16.5. The van der Waals surface area contributed by atoms with Crippen LogP contribution in [-0.2, 0) is 4.79 Å². The number of carbonyl (C=O) groups is 1. The van der Waals surface area contributed by atoms with Crippen LogP contribution >= 0.6 is 0 Å². The minimum Gasteiger partial charge on any atom is -0.478 e. The van der Waals surface area contributed by atoms with Crippen molar-refractivity contribution in [2.75, 3.05) is 13.2 Å². The van der Waals surface area contributed by atoms with E-state index in [1.165, 1.54) is 32.1 Å². The van der Waals surface area contributed by atoms with Crippen LogP contribution in [0, 0.1) is 45.8 Å². The summed E-state index contributed by atoms with van der Waals surface area (Å²) < 4.78 is 0. The third kappa shape index (κ3) is 1.90. The van der Waals surface area contributed by atoms with Gasteiger partial charge in [-0.2, -0.15) is 0 Å². The van der Waals surface area contributed by atoms with Crippen molar-refractivity contribution >= 4 is 5.97 Å². The van der Waals surface area contributed by atoms with E-state index in [9.17, 15) is 20.1 Å². The lowest BCUT2D eigenvalue weighted by Crippen LogP contribution is -2.57. The molecule has 150 valence electrons. The van der Waals surface area contributed by atoms with Gasteiger partial charge in [0.05, 0.1) is 0 Å². The van der Waals surface area contributed by atoms with E-state index in [1.807, 2.05) is 0 Å². The molecule has 8 unspecified atom stereocenters. The van der Waals surface area contributed by atoms with Gasteiger partial charge in [0.15, 0.2) is 0 Å². The van der Waals surface area contributed by atoms with Crippen molar-refractivity contribution in [2.45, 2.75) is 64.7 Å². The number of aliphatic hydroxyl groups excluding tert-OH is 2. The lowest BCUT2D eigenvalue weighted by atomic mass is 9.42. The Morgan fingerprint density at radius 2 is 1.85 bits per heavy atom. The highest BCUT2D eigenvalue weighted by molar-refractivity contribution is 5.86. The van der Waals surface area contributed by atoms with Crippen molar-refractivity contribution in [3.8, 4) is 0 Å². The Balaban J connectivity index is 1.74. The molecule has 0 saturated heterocycles. The molecular formula is C23H34O4. The van der Waals surface area contributed by atoms with Crippen LogP contribution in [0.2, 0.25) is 0 Å². The Labute approximate surface area is 162 Å². The van der Waals surface area contributed by atoms with Gasteiger partial charge in [-0.05, 0) is 104 Å². The topological polar surface area (TPSA) is 77.8 Å². The highest BCUT2D eigenvalue weighted by atomic mass is 16.4. The molecule has 27 heavy (non-hydrogen) atoms. The minimum atomic E-state index is -0.802. The smallest absolute Gasteiger partial charge is 0.330 e. The van der Waals surface area contributed by atoms with Gasteiger partial charge in [-0.3, -0.25) is 0 Å². The number of aliphatic carboxylic acids is 1. The first-order valence-electron chi connectivity index (χ1n) is 11.1. The van der Waals surface area contributed by atoms with Gasteiger partial charge in [0.1, 0.15) is 0 Å². The third-order valence-electron chi connectivity index (χ3n) is 10.2. The van der Waals surface area contributed by atoms with Crippen molar-refractivity contribution in [1.29, 1.82) is 0 Å². The molecule has 0 radical (unpaired) electrons. The first kappa shape index (κ1) is 18.2. The van der Waals surface area contributed by atoms with Crippen LogP contribution in [0.25, 0.3) is 0 Å². The summed E-state index contributed by atoms with van der Waals surface area (Å²) in [6, 6.07) is 0. The van der Waals surface area contributed by atoms with E-state index in [4.69, 9.17) is 0 Å². The van der Waals surface area contributed by atoms with E-state index in [-0.39, 0.29) is 29.5 Å². The molecule has 5 aliphatic carbocycles. The Hall–Kier alpha value is -0.870. The number of fused-ring (bicyclic) bond motifs is 12. The number of rotatable bonds is 6. The summed E-state index contributed by atoms with van der Waals surface area (Å²) in [5.41, 5.74) is 0.491. The number of allylic oxidation sites excluding steroid dienone is 1. The zero-order valence-corrected chi connectivity index (χ0v) is 16.5. The van der Waals surface area contributed by atoms with Crippen LogP contribution in [0.4, 0.5) is 0 Å². The molecule has 4 nitrogen and oxygen atoms in total. The number of carboxylic acid groups (broad SMARTS) is 1. The van der Waals surface area contributed by atoms with Crippen molar-refractivity contribution in [3.63, 3.8) is 0 Å². The number of carboxylic acids is 1. The maximum absolute atomic E-state index is 11.8. The largest absolute Gasteiger partial charge is 0.478 e. The highest BCUT2D eigenvalue weighted by Crippen LogP contribution is 2.88. The van der Waals surface area contributed by atoms with Gasteiger partial charge in [-0.15, -0.1) is 0 Å². The van der Waals surface area contributed by atoms with Crippen molar-refractivity contribution < 1.29 is 20.1 Å². The minimum absolute atomic E-state index is 0.00667. The van der Waals surface area contributed by atoms with E-state index < -0.39 is 5.97 Å². The molecule has 0 spiro atoms. The fourth-order valence-corrected chi connectivity index (χ4v) is 10.1. The predicted octanol–water partition coefficient (Wildman–Crippen LogP) is 3.62. The standard InChI is InChI=1S/C23H34O4/c1-14(20(26)27)11-22-13-17(16-3-2-4-18(16)22)19-15-5-6-21(12-15,7-9-24)23(19,22)8-10-25/h11,15-19,24-25H,2-10,12-13H2,1H3,(H,26,27). The maximum Gasteiger partial charge on any atom is 0.330 e. The molecule has 0 aromatic rings. The van der Waals surface area contributed by atoms with Gasteiger partial charge in [0.2, 0.25) is 0 Å². The van der Waals surface area contributed by atoms with E-state index in [0.29, 0.717) is 23.3 Å². The number of hydrogen-bond donors (Lipinski definition) is 3. The fourth-order valence-electron chi connectivity index (χ4n) is 10.1. The highest BCUT2D eigenvalue weighted by Gasteiger charge is 2.82. The molecule has 0 aromatic heterocycles. The van der Waals surface area contributed by atoms with Gasteiger partial charge < -0.3 is 15.3 Å². The van der Waals surface area contributed by atoms with Crippen LogP contribution in [0.15, 0.2) is 11.6 Å². The predicted molar refractivity (Wildman–Crippen MR) is 102 cm³/mol. The molecule has 8 atom stereocenters. The summed E-state index contributed by atoms with van der Waals surface area (Å²) in [6.45, 7) is 2.16. The van der Waals surface area contributed by atoms with Gasteiger partial charge in [-0.25, -0.2) is 4.79 Å². The third-order valence-corrected chi connectivity index (χ3v) is 10.2. The van der Waals surface area contributed by atoms with Gasteiger partial charge in [0.25, 0.3) is 0 Å².